The average molecular weight is 270 g/mol. The van der Waals surface area contributed by atoms with Crippen molar-refractivity contribution in [1.82, 2.24) is 5.32 Å². The maximum atomic E-state index is 13.4. The third-order valence-electron chi connectivity index (χ3n) is 4.10. The predicted molar refractivity (Wildman–Crippen MR) is 69.2 cm³/mol. The summed E-state index contributed by atoms with van der Waals surface area (Å²) < 4.78 is 13.4. The Balaban J connectivity index is 1.77. The van der Waals surface area contributed by atoms with Crippen molar-refractivity contribution >= 4 is 11.6 Å². The fraction of sp³-hybridized carbons (Fsp3) is 0.571. The first-order chi connectivity index (χ1) is 8.54. The van der Waals surface area contributed by atoms with Crippen molar-refractivity contribution in [3.63, 3.8) is 0 Å². The Morgan fingerprint density at radius 1 is 1.33 bits per heavy atom. The van der Waals surface area contributed by atoms with Gasteiger partial charge in [0.05, 0.1) is 10.6 Å². The first-order valence-electron chi connectivity index (χ1n) is 6.46. The van der Waals surface area contributed by atoms with E-state index < -0.39 is 11.4 Å². The van der Waals surface area contributed by atoms with Gasteiger partial charge in [0.15, 0.2) is 0 Å². The van der Waals surface area contributed by atoms with E-state index >= 15 is 0 Å². The van der Waals surface area contributed by atoms with Crippen LogP contribution in [-0.4, -0.2) is 22.8 Å². The van der Waals surface area contributed by atoms with Crippen LogP contribution in [0.4, 0.5) is 4.39 Å². The van der Waals surface area contributed by atoms with Gasteiger partial charge in [-0.15, -0.1) is 0 Å². The second-order valence-corrected chi connectivity index (χ2v) is 6.10. The first kappa shape index (κ1) is 12.4. The second-order valence-electron chi connectivity index (χ2n) is 5.70. The Bertz CT molecular complexity index is 453. The molecule has 2 aliphatic heterocycles. The van der Waals surface area contributed by atoms with Gasteiger partial charge >= 0.3 is 0 Å². The van der Waals surface area contributed by atoms with Crippen molar-refractivity contribution in [3.8, 4) is 0 Å². The molecule has 2 unspecified atom stereocenters. The summed E-state index contributed by atoms with van der Waals surface area (Å²) in [5, 5.41) is 14.3. The maximum Gasteiger partial charge on any atom is 0.142 e. The SMILES string of the molecule is OC1(Cc2ccc(Cl)c(F)c2)CC2CCC(C1)N2. The Hall–Kier alpha value is -0.640. The molecule has 2 atom stereocenters. The van der Waals surface area contributed by atoms with Gasteiger partial charge in [0.2, 0.25) is 0 Å². The van der Waals surface area contributed by atoms with Crippen LogP contribution in [0.1, 0.15) is 31.2 Å². The molecule has 0 spiro atoms. The molecule has 1 aromatic carbocycles. The van der Waals surface area contributed by atoms with Crippen LogP contribution in [-0.2, 0) is 6.42 Å². The summed E-state index contributed by atoms with van der Waals surface area (Å²) in [7, 11) is 0. The number of hydrogen-bond donors (Lipinski definition) is 2. The lowest BCUT2D eigenvalue weighted by Crippen LogP contribution is -2.49. The van der Waals surface area contributed by atoms with Gasteiger partial charge in [-0.2, -0.15) is 0 Å². The molecule has 2 aliphatic rings. The molecule has 0 radical (unpaired) electrons. The van der Waals surface area contributed by atoms with Gasteiger partial charge in [-0.3, -0.25) is 0 Å². The summed E-state index contributed by atoms with van der Waals surface area (Å²) in [6.07, 6.45) is 4.31. The molecule has 18 heavy (non-hydrogen) atoms. The van der Waals surface area contributed by atoms with Crippen molar-refractivity contribution in [1.29, 1.82) is 0 Å². The number of hydrogen-bond acceptors (Lipinski definition) is 2. The molecule has 2 saturated heterocycles. The van der Waals surface area contributed by atoms with Crippen molar-refractivity contribution in [2.45, 2.75) is 49.8 Å². The summed E-state index contributed by atoms with van der Waals surface area (Å²) in [5.41, 5.74) is 0.123. The largest absolute Gasteiger partial charge is 0.389 e. The summed E-state index contributed by atoms with van der Waals surface area (Å²) in [4.78, 5) is 0. The van der Waals surface area contributed by atoms with Gasteiger partial charge < -0.3 is 10.4 Å². The topological polar surface area (TPSA) is 32.3 Å². The quantitative estimate of drug-likeness (QED) is 0.865. The van der Waals surface area contributed by atoms with E-state index in [1.165, 1.54) is 6.07 Å². The van der Waals surface area contributed by atoms with Gasteiger partial charge in [0.25, 0.3) is 0 Å². The number of fused-ring (bicyclic) bond motifs is 2. The number of halogens is 2. The lowest BCUT2D eigenvalue weighted by Gasteiger charge is -2.37. The van der Waals surface area contributed by atoms with E-state index in [0.717, 1.165) is 31.2 Å². The zero-order chi connectivity index (χ0) is 12.8. The highest BCUT2D eigenvalue weighted by atomic mass is 35.5. The van der Waals surface area contributed by atoms with Crippen LogP contribution >= 0.6 is 11.6 Å². The van der Waals surface area contributed by atoms with Gasteiger partial charge in [-0.25, -0.2) is 4.39 Å². The molecule has 2 fully saturated rings. The van der Waals surface area contributed by atoms with E-state index in [-0.39, 0.29) is 5.02 Å². The molecule has 2 heterocycles. The molecule has 2 bridgehead atoms. The zero-order valence-corrected chi connectivity index (χ0v) is 10.9. The third kappa shape index (κ3) is 2.40. The molecule has 98 valence electrons. The molecule has 2 nitrogen and oxygen atoms in total. The van der Waals surface area contributed by atoms with Crippen LogP contribution in [0.3, 0.4) is 0 Å². The molecule has 3 rings (SSSR count). The fourth-order valence-corrected chi connectivity index (χ4v) is 3.52. The predicted octanol–water partition coefficient (Wildman–Crippen LogP) is 2.67. The van der Waals surface area contributed by atoms with Gasteiger partial charge in [-0.1, -0.05) is 17.7 Å². The molecule has 2 N–H and O–H groups in total. The normalized spacial score (nSPS) is 34.8. The van der Waals surface area contributed by atoms with Crippen molar-refractivity contribution < 1.29 is 9.50 Å². The summed E-state index contributed by atoms with van der Waals surface area (Å²) in [5.74, 6) is -0.408. The van der Waals surface area contributed by atoms with Crippen LogP contribution in [0.2, 0.25) is 5.02 Å². The standard InChI is InChI=1S/C14H17ClFNO/c15-12-4-1-9(5-13(12)16)6-14(18)7-10-2-3-11(8-14)17-10/h1,4-5,10-11,17-18H,2-3,6-8H2. The minimum Gasteiger partial charge on any atom is -0.389 e. The highest BCUT2D eigenvalue weighted by Crippen LogP contribution is 2.36. The van der Waals surface area contributed by atoms with Gasteiger partial charge in [-0.05, 0) is 43.4 Å². The van der Waals surface area contributed by atoms with Crippen LogP contribution < -0.4 is 5.32 Å². The number of aliphatic hydroxyl groups is 1. The van der Waals surface area contributed by atoms with E-state index in [1.807, 2.05) is 0 Å². The minimum atomic E-state index is -0.697. The lowest BCUT2D eigenvalue weighted by molar-refractivity contribution is -0.00612. The minimum absolute atomic E-state index is 0.135. The van der Waals surface area contributed by atoms with Crippen LogP contribution in [0.25, 0.3) is 0 Å². The number of rotatable bonds is 2. The van der Waals surface area contributed by atoms with E-state index in [9.17, 15) is 9.50 Å². The molecule has 4 heteroatoms. The number of piperidine rings is 1. The Morgan fingerprint density at radius 3 is 2.61 bits per heavy atom. The summed E-state index contributed by atoms with van der Waals surface area (Å²) >= 11 is 5.67. The first-order valence-corrected chi connectivity index (χ1v) is 6.84. The Labute approximate surface area is 111 Å². The fourth-order valence-electron chi connectivity index (χ4n) is 3.40. The van der Waals surface area contributed by atoms with Gasteiger partial charge in [0, 0.05) is 18.5 Å². The molecular formula is C14H17ClFNO. The van der Waals surface area contributed by atoms with Crippen molar-refractivity contribution in [2.75, 3.05) is 0 Å². The molecule has 0 aromatic heterocycles. The third-order valence-corrected chi connectivity index (χ3v) is 4.41. The summed E-state index contributed by atoms with van der Waals surface area (Å²) in [6, 6.07) is 5.64. The smallest absolute Gasteiger partial charge is 0.142 e. The van der Waals surface area contributed by atoms with Crippen LogP contribution in [0, 0.1) is 5.82 Å². The highest BCUT2D eigenvalue weighted by molar-refractivity contribution is 6.30. The molecule has 0 amide bonds. The van der Waals surface area contributed by atoms with E-state index in [4.69, 9.17) is 11.6 Å². The average Bonchev–Trinajstić information content (AvgIpc) is 2.64. The highest BCUT2D eigenvalue weighted by Gasteiger charge is 2.42. The lowest BCUT2D eigenvalue weighted by atomic mass is 9.82. The monoisotopic (exact) mass is 269 g/mol. The van der Waals surface area contributed by atoms with Crippen LogP contribution in [0.5, 0.6) is 0 Å². The Morgan fingerprint density at radius 2 is 2.00 bits per heavy atom. The van der Waals surface area contributed by atoms with Crippen LogP contribution in [0.15, 0.2) is 18.2 Å². The second kappa shape index (κ2) is 4.48. The van der Waals surface area contributed by atoms with E-state index in [2.05, 4.69) is 5.32 Å². The van der Waals surface area contributed by atoms with E-state index in [1.54, 1.807) is 12.1 Å². The molecule has 1 aromatic rings. The zero-order valence-electron chi connectivity index (χ0n) is 10.1. The Kier molecular flexibility index (Phi) is 3.08. The summed E-state index contributed by atoms with van der Waals surface area (Å²) in [6.45, 7) is 0. The number of nitrogens with one attached hydrogen (secondary N) is 1. The molecule has 0 aliphatic carbocycles. The molecular weight excluding hydrogens is 253 g/mol. The van der Waals surface area contributed by atoms with Crippen molar-refractivity contribution in [2.24, 2.45) is 0 Å². The van der Waals surface area contributed by atoms with Gasteiger partial charge in [0.1, 0.15) is 5.82 Å². The molecule has 0 saturated carbocycles. The number of benzene rings is 1. The maximum absolute atomic E-state index is 13.4. The van der Waals surface area contributed by atoms with Crippen molar-refractivity contribution in [3.05, 3.63) is 34.6 Å². The van der Waals surface area contributed by atoms with E-state index in [0.29, 0.717) is 18.5 Å².